The number of ketones is 1. The van der Waals surface area contributed by atoms with Crippen molar-refractivity contribution in [1.82, 2.24) is 15.3 Å². The van der Waals surface area contributed by atoms with Gasteiger partial charge in [0.25, 0.3) is 5.91 Å². The molecule has 0 aliphatic heterocycles. The van der Waals surface area contributed by atoms with Crippen molar-refractivity contribution in [3.63, 3.8) is 0 Å². The molecule has 0 spiro atoms. The number of rotatable bonds is 4. The second-order valence-electron chi connectivity index (χ2n) is 8.47. The predicted octanol–water partition coefficient (Wildman–Crippen LogP) is 4.18. The molecule has 1 aromatic carbocycles. The van der Waals surface area contributed by atoms with Gasteiger partial charge in [0, 0.05) is 54.7 Å². The minimum atomic E-state index is -0.116. The van der Waals surface area contributed by atoms with Gasteiger partial charge < -0.3 is 10.3 Å². The largest absolute Gasteiger partial charge is 0.358 e. The van der Waals surface area contributed by atoms with Crippen molar-refractivity contribution in [3.05, 3.63) is 76.7 Å². The number of aromatic amines is 1. The number of fused-ring (bicyclic) bond motifs is 1. The van der Waals surface area contributed by atoms with Gasteiger partial charge in [-0.1, -0.05) is 26.0 Å². The summed E-state index contributed by atoms with van der Waals surface area (Å²) in [7, 11) is 1.62. The number of Topliss-reactive ketones (excluding diaryl/α,β-unsaturated/α-hetero) is 1. The number of aromatic nitrogens is 2. The molecule has 0 atom stereocenters. The molecule has 5 heteroatoms. The van der Waals surface area contributed by atoms with Crippen LogP contribution in [0.15, 0.2) is 48.8 Å². The second kappa shape index (κ2) is 7.32. The number of H-pyrrole nitrogens is 1. The van der Waals surface area contributed by atoms with E-state index >= 15 is 0 Å². The van der Waals surface area contributed by atoms with E-state index < -0.39 is 0 Å². The van der Waals surface area contributed by atoms with Crippen molar-refractivity contribution in [1.29, 1.82) is 0 Å². The highest BCUT2D eigenvalue weighted by Crippen LogP contribution is 2.40. The number of carbonyl (C=O) groups is 2. The average Bonchev–Trinajstić information content (AvgIpc) is 3.05. The molecule has 0 unspecified atom stereocenters. The van der Waals surface area contributed by atoms with E-state index in [1.807, 2.05) is 30.3 Å². The fraction of sp³-hybridized carbons (Fsp3) is 0.292. The highest BCUT2D eigenvalue weighted by Gasteiger charge is 2.35. The number of pyridine rings is 1. The van der Waals surface area contributed by atoms with Crippen LogP contribution in [-0.4, -0.2) is 28.7 Å². The van der Waals surface area contributed by atoms with Crippen LogP contribution >= 0.6 is 0 Å². The SMILES string of the molecule is CNC(=O)c1cccc(Cc2c(-c3ccncc3)[nH]c3c2C(=O)CC(C)(C)C3)c1. The molecule has 4 rings (SSSR count). The van der Waals surface area contributed by atoms with E-state index in [1.54, 1.807) is 25.5 Å². The molecule has 1 aliphatic carbocycles. The molecule has 2 heterocycles. The summed E-state index contributed by atoms with van der Waals surface area (Å²) in [5.74, 6) is 0.0698. The van der Waals surface area contributed by atoms with E-state index in [2.05, 4.69) is 29.1 Å². The first-order chi connectivity index (χ1) is 13.9. The van der Waals surface area contributed by atoms with Crippen molar-refractivity contribution in [3.8, 4) is 11.3 Å². The number of nitrogens with one attached hydrogen (secondary N) is 2. The van der Waals surface area contributed by atoms with E-state index in [-0.39, 0.29) is 17.1 Å². The van der Waals surface area contributed by atoms with Crippen LogP contribution in [0.5, 0.6) is 0 Å². The van der Waals surface area contributed by atoms with E-state index in [0.717, 1.165) is 40.1 Å². The molecule has 2 aromatic heterocycles. The van der Waals surface area contributed by atoms with Gasteiger partial charge in [-0.3, -0.25) is 14.6 Å². The molecule has 3 aromatic rings. The Labute approximate surface area is 170 Å². The third kappa shape index (κ3) is 3.73. The number of hydrogen-bond acceptors (Lipinski definition) is 3. The van der Waals surface area contributed by atoms with Gasteiger partial charge in [-0.05, 0) is 47.2 Å². The zero-order valence-electron chi connectivity index (χ0n) is 17.0. The van der Waals surface area contributed by atoms with Crippen molar-refractivity contribution in [2.75, 3.05) is 7.05 Å². The topological polar surface area (TPSA) is 74.8 Å². The van der Waals surface area contributed by atoms with Crippen LogP contribution in [0.25, 0.3) is 11.3 Å². The average molecular weight is 387 g/mol. The van der Waals surface area contributed by atoms with Crippen LogP contribution in [0.2, 0.25) is 0 Å². The third-order valence-corrected chi connectivity index (χ3v) is 5.52. The van der Waals surface area contributed by atoms with Crippen molar-refractivity contribution in [2.24, 2.45) is 5.41 Å². The lowest BCUT2D eigenvalue weighted by atomic mass is 9.75. The van der Waals surface area contributed by atoms with Crippen molar-refractivity contribution in [2.45, 2.75) is 33.1 Å². The molecular formula is C24H25N3O2. The molecule has 0 radical (unpaired) electrons. The maximum absolute atomic E-state index is 13.1. The van der Waals surface area contributed by atoms with Crippen LogP contribution in [0.3, 0.4) is 0 Å². The highest BCUT2D eigenvalue weighted by molar-refractivity contribution is 6.02. The summed E-state index contributed by atoms with van der Waals surface area (Å²) in [4.78, 5) is 32.8. The molecule has 29 heavy (non-hydrogen) atoms. The number of amides is 1. The van der Waals surface area contributed by atoms with E-state index in [1.165, 1.54) is 0 Å². The van der Waals surface area contributed by atoms with Gasteiger partial charge in [0.1, 0.15) is 0 Å². The van der Waals surface area contributed by atoms with Crippen LogP contribution in [0, 0.1) is 5.41 Å². The van der Waals surface area contributed by atoms with Gasteiger partial charge in [-0.25, -0.2) is 0 Å². The number of benzene rings is 1. The lowest BCUT2D eigenvalue weighted by Gasteiger charge is -2.28. The summed E-state index contributed by atoms with van der Waals surface area (Å²) in [6, 6.07) is 11.5. The Hall–Kier alpha value is -3.21. The van der Waals surface area contributed by atoms with Gasteiger partial charge in [-0.2, -0.15) is 0 Å². The van der Waals surface area contributed by atoms with E-state index in [9.17, 15) is 9.59 Å². The van der Waals surface area contributed by atoms with E-state index in [4.69, 9.17) is 0 Å². The first-order valence-electron chi connectivity index (χ1n) is 9.86. The fourth-order valence-electron chi connectivity index (χ4n) is 4.24. The standard InChI is InChI=1S/C24H25N3O2/c1-24(2)13-19-21(20(28)14-24)18(22(27-19)16-7-9-26-10-8-16)12-15-5-4-6-17(11-15)23(29)25-3/h4-11,27H,12-14H2,1-3H3,(H,25,29). The summed E-state index contributed by atoms with van der Waals surface area (Å²) < 4.78 is 0. The first kappa shape index (κ1) is 19.1. The van der Waals surface area contributed by atoms with Gasteiger partial charge in [0.05, 0.1) is 5.69 Å². The van der Waals surface area contributed by atoms with Crippen LogP contribution < -0.4 is 5.32 Å². The summed E-state index contributed by atoms with van der Waals surface area (Å²) in [5.41, 5.74) is 6.37. The summed E-state index contributed by atoms with van der Waals surface area (Å²) >= 11 is 0. The molecule has 148 valence electrons. The molecule has 1 aliphatic rings. The molecule has 0 saturated heterocycles. The lowest BCUT2D eigenvalue weighted by Crippen LogP contribution is -2.27. The summed E-state index contributed by atoms with van der Waals surface area (Å²) in [6.45, 7) is 4.26. The van der Waals surface area contributed by atoms with Gasteiger partial charge in [0.2, 0.25) is 0 Å². The molecule has 1 amide bonds. The van der Waals surface area contributed by atoms with Crippen molar-refractivity contribution < 1.29 is 9.59 Å². The monoisotopic (exact) mass is 387 g/mol. The number of carbonyl (C=O) groups excluding carboxylic acids is 2. The summed E-state index contributed by atoms with van der Waals surface area (Å²) in [5, 5.41) is 2.66. The van der Waals surface area contributed by atoms with Gasteiger partial charge >= 0.3 is 0 Å². The normalized spacial score (nSPS) is 15.1. The molecule has 0 saturated carbocycles. The Morgan fingerprint density at radius 1 is 1.17 bits per heavy atom. The Morgan fingerprint density at radius 3 is 2.66 bits per heavy atom. The number of nitrogens with zero attached hydrogens (tertiary/aromatic N) is 1. The molecule has 2 N–H and O–H groups in total. The first-order valence-corrected chi connectivity index (χ1v) is 9.86. The number of hydrogen-bond donors (Lipinski definition) is 2. The molecule has 0 bridgehead atoms. The Balaban J connectivity index is 1.83. The Kier molecular flexibility index (Phi) is 4.82. The van der Waals surface area contributed by atoms with Gasteiger partial charge in [-0.15, -0.1) is 0 Å². The van der Waals surface area contributed by atoms with Crippen LogP contribution in [-0.2, 0) is 12.8 Å². The van der Waals surface area contributed by atoms with Crippen LogP contribution in [0.1, 0.15) is 57.8 Å². The maximum Gasteiger partial charge on any atom is 0.251 e. The third-order valence-electron chi connectivity index (χ3n) is 5.52. The minimum absolute atomic E-state index is 0.0547. The quantitative estimate of drug-likeness (QED) is 0.705. The molecule has 5 nitrogen and oxygen atoms in total. The Bertz CT molecular complexity index is 1080. The molecule has 0 fully saturated rings. The second-order valence-corrected chi connectivity index (χ2v) is 8.47. The Morgan fingerprint density at radius 2 is 1.93 bits per heavy atom. The summed E-state index contributed by atoms with van der Waals surface area (Å²) in [6.07, 6.45) is 5.48. The predicted molar refractivity (Wildman–Crippen MR) is 113 cm³/mol. The minimum Gasteiger partial charge on any atom is -0.358 e. The lowest BCUT2D eigenvalue weighted by molar-refractivity contribution is 0.0909. The van der Waals surface area contributed by atoms with Gasteiger partial charge in [0.15, 0.2) is 5.78 Å². The zero-order chi connectivity index (χ0) is 20.6. The highest BCUT2D eigenvalue weighted by atomic mass is 16.1. The smallest absolute Gasteiger partial charge is 0.251 e. The van der Waals surface area contributed by atoms with E-state index in [0.29, 0.717) is 18.4 Å². The molecular weight excluding hydrogens is 362 g/mol. The zero-order valence-corrected chi connectivity index (χ0v) is 17.0. The van der Waals surface area contributed by atoms with Crippen molar-refractivity contribution >= 4 is 11.7 Å². The fourth-order valence-corrected chi connectivity index (χ4v) is 4.24. The maximum atomic E-state index is 13.1. The van der Waals surface area contributed by atoms with Crippen LogP contribution in [0.4, 0.5) is 0 Å².